The monoisotopic (exact) mass is 651 g/mol. The van der Waals surface area contributed by atoms with Crippen molar-refractivity contribution in [2.24, 2.45) is 7.05 Å². The second-order valence-electron chi connectivity index (χ2n) is 12.0. The number of pyridine rings is 1. The maximum atomic E-state index is 13.8. The molecule has 2 aromatic carbocycles. The first kappa shape index (κ1) is 31.2. The first-order chi connectivity index (χ1) is 23.9. The Balaban J connectivity index is 1.08. The summed E-state index contributed by atoms with van der Waals surface area (Å²) in [4.78, 5) is 48.5. The minimum Gasteiger partial charge on any atom is -0.351 e. The average molecular weight is 652 g/mol. The number of rotatable bonds is 8. The lowest BCUT2D eigenvalue weighted by atomic mass is 9.90. The van der Waals surface area contributed by atoms with E-state index in [4.69, 9.17) is 9.97 Å². The third-order valence-corrected chi connectivity index (χ3v) is 8.76. The van der Waals surface area contributed by atoms with E-state index < -0.39 is 0 Å². The molecule has 13 heteroatoms. The third-order valence-electron chi connectivity index (χ3n) is 8.76. The van der Waals surface area contributed by atoms with Crippen molar-refractivity contribution in [1.29, 1.82) is 5.26 Å². The molecule has 4 aromatic heterocycles. The maximum absolute atomic E-state index is 13.8. The molecule has 1 saturated carbocycles. The number of carbonyl (C=O) groups is 1. The fraction of sp³-hybridized carbons (Fsp3) is 0.222. The van der Waals surface area contributed by atoms with Gasteiger partial charge in [-0.25, -0.2) is 24.7 Å². The maximum Gasteiger partial charge on any atom is 0.323 e. The summed E-state index contributed by atoms with van der Waals surface area (Å²) in [6.07, 6.45) is 11.3. The molecule has 13 nitrogen and oxygen atoms in total. The molecule has 49 heavy (non-hydrogen) atoms. The van der Waals surface area contributed by atoms with Crippen molar-refractivity contribution in [2.75, 3.05) is 10.2 Å². The summed E-state index contributed by atoms with van der Waals surface area (Å²) in [5, 5.41) is 21.0. The average Bonchev–Trinajstić information content (AvgIpc) is 3.58. The van der Waals surface area contributed by atoms with Gasteiger partial charge in [0.15, 0.2) is 0 Å². The molecule has 1 aliphatic rings. The number of aryl methyl sites for hydroxylation is 1. The lowest BCUT2D eigenvalue weighted by molar-refractivity contribution is 0.240. The predicted octanol–water partition coefficient (Wildman–Crippen LogP) is 5.19. The molecule has 3 N–H and O–H groups in total. The normalized spacial score (nSPS) is 15.8. The Hall–Kier alpha value is -6.42. The minimum atomic E-state index is -0.267. The van der Waals surface area contributed by atoms with E-state index in [1.807, 2.05) is 55.7 Å². The van der Waals surface area contributed by atoms with Crippen LogP contribution in [0.3, 0.4) is 0 Å². The number of hydrogen-bond acceptors (Lipinski definition) is 9. The molecule has 1 aliphatic carbocycles. The zero-order chi connectivity index (χ0) is 33.7. The van der Waals surface area contributed by atoms with Crippen LogP contribution in [0.25, 0.3) is 33.3 Å². The standard InChI is InChI=1S/C36H33N11O2/c1-46-21-27(20-43-46)25-8-14-32(38-18-25)47(36(49)40-17-23-5-3-2-4-6-23)29-11-9-28(10-12-29)44-35-39-19-26(16-37)33(45-35)24-7-13-31-30(15-24)34(48)42-22-41-31/h2-8,13-15,18-22,28-29H,9-12,17H2,1H3,(H,40,49)(H,39,44,45)(H,41,42,48). The van der Waals surface area contributed by atoms with Crippen molar-refractivity contribution in [2.45, 2.75) is 44.3 Å². The summed E-state index contributed by atoms with van der Waals surface area (Å²) >= 11 is 0. The van der Waals surface area contributed by atoms with Gasteiger partial charge in [-0.05, 0) is 55.5 Å². The molecule has 0 saturated heterocycles. The lowest BCUT2D eigenvalue weighted by Gasteiger charge is -2.36. The number of carbonyl (C=O) groups excluding carboxylic acids is 1. The molecule has 0 bridgehead atoms. The van der Waals surface area contributed by atoms with Crippen LogP contribution in [0.5, 0.6) is 0 Å². The van der Waals surface area contributed by atoms with Gasteiger partial charge in [0.25, 0.3) is 5.56 Å². The van der Waals surface area contributed by atoms with Gasteiger partial charge in [0.05, 0.1) is 40.9 Å². The quantitative estimate of drug-likeness (QED) is 0.200. The molecule has 0 atom stereocenters. The summed E-state index contributed by atoms with van der Waals surface area (Å²) < 4.78 is 1.74. The highest BCUT2D eigenvalue weighted by Crippen LogP contribution is 2.30. The van der Waals surface area contributed by atoms with Crippen molar-refractivity contribution in [3.8, 4) is 28.5 Å². The van der Waals surface area contributed by atoms with Crippen molar-refractivity contribution in [3.05, 3.63) is 113 Å². The summed E-state index contributed by atoms with van der Waals surface area (Å²) in [5.74, 6) is 0.974. The number of fused-ring (bicyclic) bond motifs is 1. The highest BCUT2D eigenvalue weighted by molar-refractivity contribution is 5.92. The van der Waals surface area contributed by atoms with E-state index in [9.17, 15) is 14.9 Å². The number of amides is 2. The fourth-order valence-corrected chi connectivity index (χ4v) is 6.22. The van der Waals surface area contributed by atoms with E-state index in [-0.39, 0.29) is 23.7 Å². The molecule has 244 valence electrons. The minimum absolute atomic E-state index is 0.0517. The smallest absolute Gasteiger partial charge is 0.323 e. The van der Waals surface area contributed by atoms with Gasteiger partial charge in [-0.15, -0.1) is 0 Å². The molecule has 2 amide bonds. The van der Waals surface area contributed by atoms with Gasteiger partial charge in [-0.3, -0.25) is 14.4 Å². The molecule has 7 rings (SSSR count). The SMILES string of the molecule is Cn1cc(-c2ccc(N(C(=O)NCc3ccccc3)C3CCC(Nc4ncc(C#N)c(-c5ccc6nc[nH]c(=O)c6c5)n4)CC3)nc2)cn1. The van der Waals surface area contributed by atoms with Crippen molar-refractivity contribution < 1.29 is 4.79 Å². The number of aromatic nitrogens is 7. The van der Waals surface area contributed by atoms with Crippen molar-refractivity contribution in [1.82, 2.24) is 40.0 Å². The number of anilines is 2. The Morgan fingerprint density at radius 1 is 0.980 bits per heavy atom. The number of hydrogen-bond donors (Lipinski definition) is 3. The van der Waals surface area contributed by atoms with Crippen LogP contribution in [0.4, 0.5) is 16.6 Å². The summed E-state index contributed by atoms with van der Waals surface area (Å²) in [5.41, 5.74) is 4.52. The molecule has 1 fully saturated rings. The Bertz CT molecular complexity index is 2200. The zero-order valence-electron chi connectivity index (χ0n) is 26.7. The topological polar surface area (TPSA) is 170 Å². The van der Waals surface area contributed by atoms with Gasteiger partial charge >= 0.3 is 6.03 Å². The Kier molecular flexibility index (Phi) is 8.75. The zero-order valence-corrected chi connectivity index (χ0v) is 26.7. The number of aromatic amines is 1. The second kappa shape index (κ2) is 13.7. The van der Waals surface area contributed by atoms with Crippen LogP contribution >= 0.6 is 0 Å². The Morgan fingerprint density at radius 2 is 1.80 bits per heavy atom. The number of nitrogens with zero attached hydrogens (tertiary/aromatic N) is 8. The number of nitriles is 1. The van der Waals surface area contributed by atoms with Crippen molar-refractivity contribution in [3.63, 3.8) is 0 Å². The van der Waals surface area contributed by atoms with E-state index in [1.165, 1.54) is 12.5 Å². The van der Waals surface area contributed by atoms with Crippen LogP contribution in [0.2, 0.25) is 0 Å². The Morgan fingerprint density at radius 3 is 2.53 bits per heavy atom. The van der Waals surface area contributed by atoms with E-state index >= 15 is 0 Å². The van der Waals surface area contributed by atoms with Gasteiger partial charge in [0.2, 0.25) is 5.95 Å². The van der Waals surface area contributed by atoms with Gasteiger partial charge in [-0.2, -0.15) is 10.4 Å². The van der Waals surface area contributed by atoms with Gasteiger partial charge in [0.1, 0.15) is 11.9 Å². The molecular formula is C36H33N11O2. The van der Waals surface area contributed by atoms with E-state index in [2.05, 4.69) is 36.8 Å². The molecule has 0 unspecified atom stereocenters. The summed E-state index contributed by atoms with van der Waals surface area (Å²) in [7, 11) is 1.87. The van der Waals surface area contributed by atoms with Crippen LogP contribution in [0.1, 0.15) is 36.8 Å². The lowest BCUT2D eigenvalue weighted by Crippen LogP contribution is -2.49. The van der Waals surface area contributed by atoms with Gasteiger partial charge in [-0.1, -0.05) is 36.4 Å². The number of benzene rings is 2. The van der Waals surface area contributed by atoms with Crippen LogP contribution in [0, 0.1) is 11.3 Å². The first-order valence-electron chi connectivity index (χ1n) is 16.0. The van der Waals surface area contributed by atoms with Crippen molar-refractivity contribution >= 4 is 28.7 Å². The number of nitrogens with one attached hydrogen (secondary N) is 3. The fourth-order valence-electron chi connectivity index (χ4n) is 6.22. The first-order valence-corrected chi connectivity index (χ1v) is 16.0. The molecule has 0 spiro atoms. The Labute approximate surface area is 281 Å². The van der Waals surface area contributed by atoms with E-state index in [0.29, 0.717) is 46.0 Å². The van der Waals surface area contributed by atoms with Crippen LogP contribution < -0.4 is 21.1 Å². The second-order valence-corrected chi connectivity index (χ2v) is 12.0. The molecule has 4 heterocycles. The molecule has 0 aliphatic heterocycles. The molecular weight excluding hydrogens is 618 g/mol. The molecule has 6 aromatic rings. The molecule has 0 radical (unpaired) electrons. The predicted molar refractivity (Wildman–Crippen MR) is 185 cm³/mol. The number of H-pyrrole nitrogens is 1. The number of urea groups is 1. The highest BCUT2D eigenvalue weighted by atomic mass is 16.2. The van der Waals surface area contributed by atoms with Crippen LogP contribution in [-0.2, 0) is 13.6 Å². The van der Waals surface area contributed by atoms with Gasteiger partial charge < -0.3 is 15.6 Å². The van der Waals surface area contributed by atoms with E-state index in [1.54, 1.807) is 40.2 Å². The third kappa shape index (κ3) is 6.84. The van der Waals surface area contributed by atoms with Gasteiger partial charge in [0, 0.05) is 54.8 Å². The summed E-state index contributed by atoms with van der Waals surface area (Å²) in [6.45, 7) is 0.404. The highest BCUT2D eigenvalue weighted by Gasteiger charge is 2.31. The van der Waals surface area contributed by atoms with E-state index in [0.717, 1.165) is 42.4 Å². The summed E-state index contributed by atoms with van der Waals surface area (Å²) in [6, 6.07) is 20.8. The van der Waals surface area contributed by atoms with Crippen LogP contribution in [0.15, 0.2) is 96.6 Å². The van der Waals surface area contributed by atoms with Crippen LogP contribution in [-0.4, -0.2) is 52.8 Å². The largest absolute Gasteiger partial charge is 0.351 e.